The lowest BCUT2D eigenvalue weighted by Gasteiger charge is -2.04. The molecule has 0 spiro atoms. The zero-order chi connectivity index (χ0) is 20.1. The molecule has 0 aliphatic heterocycles. The van der Waals surface area contributed by atoms with Gasteiger partial charge in [0.1, 0.15) is 5.76 Å². The van der Waals surface area contributed by atoms with Crippen molar-refractivity contribution in [2.24, 2.45) is 0 Å². The minimum Gasteiger partial charge on any atom is -0.467 e. The minimum absolute atomic E-state index is 0.153. The van der Waals surface area contributed by atoms with Crippen LogP contribution in [0.5, 0.6) is 0 Å². The maximum Gasteiger partial charge on any atom is 0.288 e. The molecule has 0 atom stereocenters. The van der Waals surface area contributed by atoms with Gasteiger partial charge in [0.15, 0.2) is 5.69 Å². The van der Waals surface area contributed by atoms with Crippen LogP contribution >= 0.6 is 0 Å². The molecule has 29 heavy (non-hydrogen) atoms. The molecule has 0 aliphatic rings. The van der Waals surface area contributed by atoms with E-state index in [0.29, 0.717) is 17.8 Å². The Kier molecular flexibility index (Phi) is 5.38. The summed E-state index contributed by atoms with van der Waals surface area (Å²) in [5.41, 5.74) is 1.94. The third-order valence-electron chi connectivity index (χ3n) is 4.51. The molecule has 0 aliphatic carbocycles. The van der Waals surface area contributed by atoms with E-state index in [0.717, 1.165) is 12.0 Å². The largest absolute Gasteiger partial charge is 0.467 e. The molecule has 3 aromatic heterocycles. The van der Waals surface area contributed by atoms with Crippen molar-refractivity contribution in [2.75, 3.05) is 6.54 Å². The van der Waals surface area contributed by atoms with Crippen molar-refractivity contribution in [1.82, 2.24) is 20.0 Å². The summed E-state index contributed by atoms with van der Waals surface area (Å²) in [5.74, 6) is 0.0964. The van der Waals surface area contributed by atoms with Gasteiger partial charge in [0.2, 0.25) is 5.82 Å². The average Bonchev–Trinajstić information content (AvgIpc) is 3.41. The fourth-order valence-corrected chi connectivity index (χ4v) is 3.07. The number of carbonyl (C=O) groups excluding carboxylic acids is 2. The Balaban J connectivity index is 1.49. The van der Waals surface area contributed by atoms with E-state index in [1.807, 2.05) is 36.4 Å². The molecule has 0 bridgehead atoms. The van der Waals surface area contributed by atoms with Gasteiger partial charge in [-0.15, -0.1) is 0 Å². The Labute approximate surface area is 167 Å². The number of carbonyl (C=O) groups is 2. The third-order valence-corrected chi connectivity index (χ3v) is 4.51. The second-order valence-corrected chi connectivity index (χ2v) is 6.49. The number of aromatic nitrogens is 2. The number of hydrogen-bond acceptors (Lipinski definition) is 4. The van der Waals surface area contributed by atoms with E-state index in [9.17, 15) is 9.59 Å². The summed E-state index contributed by atoms with van der Waals surface area (Å²) in [7, 11) is 0. The monoisotopic (exact) mass is 388 g/mol. The van der Waals surface area contributed by atoms with Gasteiger partial charge in [-0.25, -0.2) is 4.98 Å². The van der Waals surface area contributed by atoms with E-state index >= 15 is 0 Å². The molecular weight excluding hydrogens is 368 g/mol. The van der Waals surface area contributed by atoms with Crippen molar-refractivity contribution in [3.05, 3.63) is 96.0 Å². The van der Waals surface area contributed by atoms with Gasteiger partial charge < -0.3 is 15.1 Å². The lowest BCUT2D eigenvalue weighted by molar-refractivity contribution is 0.0937. The standard InChI is InChI=1S/C22H20N4O3/c27-21(23-12-11-16-7-2-1-3-8-16)19-18-10-4-5-13-26(18)20(25-19)22(28)24-15-17-9-6-14-29-17/h1-10,13-14H,11-12,15H2,(H,23,27)(H,24,28). The first kappa shape index (κ1) is 18.5. The van der Waals surface area contributed by atoms with Crippen LogP contribution in [-0.4, -0.2) is 27.7 Å². The van der Waals surface area contributed by atoms with Crippen LogP contribution in [0.2, 0.25) is 0 Å². The molecule has 4 aromatic rings. The molecule has 0 unspecified atom stereocenters. The fourth-order valence-electron chi connectivity index (χ4n) is 3.07. The van der Waals surface area contributed by atoms with E-state index in [1.165, 1.54) is 0 Å². The number of pyridine rings is 1. The van der Waals surface area contributed by atoms with E-state index < -0.39 is 0 Å². The Morgan fingerprint density at radius 1 is 0.931 bits per heavy atom. The first-order chi connectivity index (χ1) is 14.2. The van der Waals surface area contributed by atoms with Gasteiger partial charge in [0, 0.05) is 12.7 Å². The molecule has 4 rings (SSSR count). The summed E-state index contributed by atoms with van der Waals surface area (Å²) in [4.78, 5) is 29.6. The summed E-state index contributed by atoms with van der Waals surface area (Å²) in [6.07, 6.45) is 3.98. The maximum absolute atomic E-state index is 12.7. The number of imidazole rings is 1. The second kappa shape index (κ2) is 8.43. The highest BCUT2D eigenvalue weighted by molar-refractivity contribution is 6.02. The summed E-state index contributed by atoms with van der Waals surface area (Å²) in [6.45, 7) is 0.723. The third kappa shape index (κ3) is 4.19. The van der Waals surface area contributed by atoms with Gasteiger partial charge in [0.25, 0.3) is 11.8 Å². The first-order valence-corrected chi connectivity index (χ1v) is 9.32. The molecule has 2 N–H and O–H groups in total. The molecule has 0 fully saturated rings. The van der Waals surface area contributed by atoms with Gasteiger partial charge in [-0.2, -0.15) is 0 Å². The van der Waals surface area contributed by atoms with Crippen molar-refractivity contribution < 1.29 is 14.0 Å². The minimum atomic E-state index is -0.383. The van der Waals surface area contributed by atoms with Crippen LogP contribution in [0, 0.1) is 0 Å². The summed E-state index contributed by atoms with van der Waals surface area (Å²) in [6, 6.07) is 18.8. The molecule has 146 valence electrons. The Morgan fingerprint density at radius 2 is 1.76 bits per heavy atom. The molecule has 0 saturated carbocycles. The second-order valence-electron chi connectivity index (χ2n) is 6.49. The van der Waals surface area contributed by atoms with Crippen LogP contribution in [0.1, 0.15) is 32.4 Å². The molecule has 7 heteroatoms. The fraction of sp³-hybridized carbons (Fsp3) is 0.136. The predicted octanol–water partition coefficient (Wildman–Crippen LogP) is 2.83. The smallest absolute Gasteiger partial charge is 0.288 e. The highest BCUT2D eigenvalue weighted by Crippen LogP contribution is 2.14. The highest BCUT2D eigenvalue weighted by atomic mass is 16.3. The van der Waals surface area contributed by atoms with Gasteiger partial charge in [-0.05, 0) is 36.2 Å². The molecule has 3 heterocycles. The average molecular weight is 388 g/mol. The van der Waals surface area contributed by atoms with Crippen molar-refractivity contribution >= 4 is 17.3 Å². The van der Waals surface area contributed by atoms with Gasteiger partial charge in [0.05, 0.1) is 18.3 Å². The quantitative estimate of drug-likeness (QED) is 0.510. The number of benzene rings is 1. The van der Waals surface area contributed by atoms with E-state index in [-0.39, 0.29) is 29.9 Å². The summed E-state index contributed by atoms with van der Waals surface area (Å²) in [5, 5.41) is 5.65. The molecule has 2 amide bonds. The van der Waals surface area contributed by atoms with Crippen LogP contribution in [0.15, 0.2) is 77.5 Å². The zero-order valence-electron chi connectivity index (χ0n) is 15.7. The van der Waals surface area contributed by atoms with Crippen molar-refractivity contribution in [1.29, 1.82) is 0 Å². The van der Waals surface area contributed by atoms with Gasteiger partial charge in [-0.3, -0.25) is 14.0 Å². The maximum atomic E-state index is 12.7. The van der Waals surface area contributed by atoms with E-state index in [1.54, 1.807) is 41.1 Å². The van der Waals surface area contributed by atoms with Crippen molar-refractivity contribution in [3.8, 4) is 0 Å². The van der Waals surface area contributed by atoms with Crippen LogP contribution in [0.4, 0.5) is 0 Å². The van der Waals surface area contributed by atoms with Crippen molar-refractivity contribution in [2.45, 2.75) is 13.0 Å². The van der Waals surface area contributed by atoms with Crippen LogP contribution in [0.3, 0.4) is 0 Å². The predicted molar refractivity (Wildman–Crippen MR) is 108 cm³/mol. The number of rotatable bonds is 7. The number of furan rings is 1. The van der Waals surface area contributed by atoms with Crippen molar-refractivity contribution in [3.63, 3.8) is 0 Å². The Bertz CT molecular complexity index is 1120. The number of amides is 2. The van der Waals surface area contributed by atoms with E-state index in [2.05, 4.69) is 15.6 Å². The first-order valence-electron chi connectivity index (χ1n) is 9.32. The Hall–Kier alpha value is -3.87. The lowest BCUT2D eigenvalue weighted by atomic mass is 10.1. The summed E-state index contributed by atoms with van der Waals surface area (Å²) < 4.78 is 6.84. The normalized spacial score (nSPS) is 10.8. The number of hydrogen-bond donors (Lipinski definition) is 2. The number of fused-ring (bicyclic) bond motifs is 1. The van der Waals surface area contributed by atoms with Crippen LogP contribution < -0.4 is 10.6 Å². The van der Waals surface area contributed by atoms with Crippen LogP contribution in [-0.2, 0) is 13.0 Å². The highest BCUT2D eigenvalue weighted by Gasteiger charge is 2.21. The number of nitrogens with zero attached hydrogens (tertiary/aromatic N) is 2. The van der Waals surface area contributed by atoms with Gasteiger partial charge in [-0.1, -0.05) is 36.4 Å². The zero-order valence-corrected chi connectivity index (χ0v) is 15.7. The summed E-state index contributed by atoms with van der Waals surface area (Å²) >= 11 is 0. The molecule has 0 radical (unpaired) electrons. The topological polar surface area (TPSA) is 88.6 Å². The lowest BCUT2D eigenvalue weighted by Crippen LogP contribution is -2.27. The molecule has 7 nitrogen and oxygen atoms in total. The molecule has 0 saturated heterocycles. The molecule has 1 aromatic carbocycles. The molecular formula is C22H20N4O3. The Morgan fingerprint density at radius 3 is 2.55 bits per heavy atom. The SMILES string of the molecule is O=C(NCCc1ccccc1)c1nc(C(=O)NCc2ccco2)n2ccccc12. The number of nitrogens with one attached hydrogen (secondary N) is 2. The van der Waals surface area contributed by atoms with E-state index in [4.69, 9.17) is 4.42 Å². The van der Waals surface area contributed by atoms with Gasteiger partial charge >= 0.3 is 0 Å². The van der Waals surface area contributed by atoms with Crippen LogP contribution in [0.25, 0.3) is 5.52 Å².